The maximum Gasteiger partial charge on any atom is 0.122 e. The van der Waals surface area contributed by atoms with E-state index in [2.05, 4.69) is 18.7 Å². The van der Waals surface area contributed by atoms with Crippen LogP contribution in [0.15, 0.2) is 16.7 Å². The molecule has 1 saturated heterocycles. The number of nitrogens with two attached hydrogens (primary N) is 1. The summed E-state index contributed by atoms with van der Waals surface area (Å²) in [6.07, 6.45) is 4.35. The molecule has 2 rings (SSSR count). The Morgan fingerprint density at radius 3 is 3.00 bits per heavy atom. The molecule has 2 heterocycles. The van der Waals surface area contributed by atoms with Gasteiger partial charge >= 0.3 is 0 Å². The maximum atomic E-state index is 5.67. The van der Waals surface area contributed by atoms with Crippen molar-refractivity contribution in [2.24, 2.45) is 11.1 Å². The first-order chi connectivity index (χ1) is 7.61. The molecule has 0 aromatic carbocycles. The number of rotatable bonds is 3. The second-order valence-corrected chi connectivity index (χ2v) is 5.55. The summed E-state index contributed by atoms with van der Waals surface area (Å²) in [5.74, 6) is 1.04. The first kappa shape index (κ1) is 11.7. The Hall–Kier alpha value is -0.800. The van der Waals surface area contributed by atoms with Gasteiger partial charge in [0, 0.05) is 18.7 Å². The lowest BCUT2D eigenvalue weighted by Crippen LogP contribution is -2.39. The van der Waals surface area contributed by atoms with Crippen molar-refractivity contribution in [1.82, 2.24) is 4.90 Å². The predicted octanol–water partition coefficient (Wildman–Crippen LogP) is 2.36. The molecule has 0 bridgehead atoms. The van der Waals surface area contributed by atoms with E-state index in [-0.39, 0.29) is 0 Å². The molecule has 1 aliphatic heterocycles. The fourth-order valence-corrected chi connectivity index (χ4v) is 2.57. The minimum Gasteiger partial charge on any atom is -0.468 e. The molecule has 0 atom stereocenters. The summed E-state index contributed by atoms with van der Waals surface area (Å²) in [7, 11) is 0. The number of hydrogen-bond donors (Lipinski definition) is 1. The van der Waals surface area contributed by atoms with E-state index in [4.69, 9.17) is 10.2 Å². The minimum atomic E-state index is 0.438. The van der Waals surface area contributed by atoms with Crippen molar-refractivity contribution in [3.63, 3.8) is 0 Å². The van der Waals surface area contributed by atoms with Crippen LogP contribution < -0.4 is 5.73 Å². The smallest absolute Gasteiger partial charge is 0.122 e. The Labute approximate surface area is 97.6 Å². The second-order valence-electron chi connectivity index (χ2n) is 5.55. The summed E-state index contributed by atoms with van der Waals surface area (Å²) in [5.41, 5.74) is 7.26. The lowest BCUT2D eigenvalue weighted by atomic mass is 9.84. The summed E-state index contributed by atoms with van der Waals surface area (Å²) in [6.45, 7) is 8.48. The van der Waals surface area contributed by atoms with Gasteiger partial charge in [-0.1, -0.05) is 13.8 Å². The van der Waals surface area contributed by atoms with Crippen molar-refractivity contribution < 1.29 is 4.42 Å². The molecule has 1 aromatic rings. The van der Waals surface area contributed by atoms with Crippen molar-refractivity contribution >= 4 is 0 Å². The van der Waals surface area contributed by atoms with Crippen LogP contribution in [0.4, 0.5) is 0 Å². The monoisotopic (exact) mass is 222 g/mol. The molecule has 0 spiro atoms. The van der Waals surface area contributed by atoms with Gasteiger partial charge < -0.3 is 10.2 Å². The molecule has 1 fully saturated rings. The van der Waals surface area contributed by atoms with Gasteiger partial charge in [0.15, 0.2) is 0 Å². The first-order valence-electron chi connectivity index (χ1n) is 6.08. The van der Waals surface area contributed by atoms with Crippen LogP contribution in [0.2, 0.25) is 0 Å². The highest BCUT2D eigenvalue weighted by Crippen LogP contribution is 2.29. The Bertz CT molecular complexity index is 343. The van der Waals surface area contributed by atoms with E-state index in [9.17, 15) is 0 Å². The van der Waals surface area contributed by atoms with Gasteiger partial charge in [0.25, 0.3) is 0 Å². The average Bonchev–Trinajstić information content (AvgIpc) is 2.63. The van der Waals surface area contributed by atoms with E-state index in [1.165, 1.54) is 19.4 Å². The summed E-state index contributed by atoms with van der Waals surface area (Å²) < 4.78 is 5.50. The van der Waals surface area contributed by atoms with Crippen LogP contribution >= 0.6 is 0 Å². The zero-order valence-electron chi connectivity index (χ0n) is 10.3. The van der Waals surface area contributed by atoms with E-state index in [1.54, 1.807) is 6.26 Å². The SMILES string of the molecule is CC1(C)CCCN(Cc2occc2CN)C1. The van der Waals surface area contributed by atoms with Gasteiger partial charge in [0.1, 0.15) is 5.76 Å². The first-order valence-corrected chi connectivity index (χ1v) is 6.08. The molecule has 0 saturated carbocycles. The molecule has 0 amide bonds. The Morgan fingerprint density at radius 1 is 1.50 bits per heavy atom. The topological polar surface area (TPSA) is 42.4 Å². The molecule has 1 aliphatic rings. The van der Waals surface area contributed by atoms with Crippen molar-refractivity contribution in [3.8, 4) is 0 Å². The molecule has 16 heavy (non-hydrogen) atoms. The third-order valence-electron chi connectivity index (χ3n) is 3.40. The van der Waals surface area contributed by atoms with Crippen LogP contribution in [0.25, 0.3) is 0 Å². The van der Waals surface area contributed by atoms with Crippen LogP contribution in [0.3, 0.4) is 0 Å². The van der Waals surface area contributed by atoms with Gasteiger partial charge in [-0.05, 0) is 30.9 Å². The van der Waals surface area contributed by atoms with Gasteiger partial charge in [-0.2, -0.15) is 0 Å². The Morgan fingerprint density at radius 2 is 2.31 bits per heavy atom. The molecule has 2 N–H and O–H groups in total. The third kappa shape index (κ3) is 2.66. The molecule has 0 unspecified atom stereocenters. The van der Waals surface area contributed by atoms with E-state index < -0.39 is 0 Å². The van der Waals surface area contributed by atoms with Gasteiger partial charge in [0.2, 0.25) is 0 Å². The largest absolute Gasteiger partial charge is 0.468 e. The normalized spacial score (nSPS) is 21.2. The minimum absolute atomic E-state index is 0.438. The van der Waals surface area contributed by atoms with E-state index in [1.807, 2.05) is 6.07 Å². The summed E-state index contributed by atoms with van der Waals surface area (Å²) in [6, 6.07) is 1.98. The zero-order valence-corrected chi connectivity index (χ0v) is 10.3. The van der Waals surface area contributed by atoms with Crippen molar-refractivity contribution in [3.05, 3.63) is 23.7 Å². The second kappa shape index (κ2) is 4.60. The van der Waals surface area contributed by atoms with Gasteiger partial charge in [-0.3, -0.25) is 4.90 Å². The number of likely N-dealkylation sites (tertiary alicyclic amines) is 1. The third-order valence-corrected chi connectivity index (χ3v) is 3.40. The highest BCUT2D eigenvalue weighted by molar-refractivity contribution is 5.16. The Kier molecular flexibility index (Phi) is 3.36. The lowest BCUT2D eigenvalue weighted by Gasteiger charge is -2.37. The summed E-state index contributed by atoms with van der Waals surface area (Å²) >= 11 is 0. The molecular weight excluding hydrogens is 200 g/mol. The quantitative estimate of drug-likeness (QED) is 0.853. The van der Waals surface area contributed by atoms with Gasteiger partial charge in [-0.25, -0.2) is 0 Å². The molecule has 1 aromatic heterocycles. The standard InChI is InChI=1S/C13H22N2O/c1-13(2)5-3-6-15(10-13)9-12-11(8-14)4-7-16-12/h4,7H,3,5-6,8-10,14H2,1-2H3. The average molecular weight is 222 g/mol. The van der Waals surface area contributed by atoms with Gasteiger partial charge in [0.05, 0.1) is 12.8 Å². The van der Waals surface area contributed by atoms with Crippen LogP contribution in [-0.2, 0) is 13.1 Å². The van der Waals surface area contributed by atoms with E-state index in [0.29, 0.717) is 12.0 Å². The predicted molar refractivity (Wildman–Crippen MR) is 64.9 cm³/mol. The molecule has 0 aliphatic carbocycles. The molecule has 90 valence electrons. The number of piperidine rings is 1. The fourth-order valence-electron chi connectivity index (χ4n) is 2.57. The Balaban J connectivity index is 1.99. The summed E-state index contributed by atoms with van der Waals surface area (Å²) in [5, 5.41) is 0. The van der Waals surface area contributed by atoms with E-state index in [0.717, 1.165) is 24.4 Å². The van der Waals surface area contributed by atoms with Crippen molar-refractivity contribution in [1.29, 1.82) is 0 Å². The molecule has 0 radical (unpaired) electrons. The van der Waals surface area contributed by atoms with Crippen LogP contribution in [-0.4, -0.2) is 18.0 Å². The lowest BCUT2D eigenvalue weighted by molar-refractivity contribution is 0.105. The van der Waals surface area contributed by atoms with Crippen LogP contribution in [0, 0.1) is 5.41 Å². The highest BCUT2D eigenvalue weighted by Gasteiger charge is 2.26. The van der Waals surface area contributed by atoms with Gasteiger partial charge in [-0.15, -0.1) is 0 Å². The summed E-state index contributed by atoms with van der Waals surface area (Å²) in [4.78, 5) is 2.47. The highest BCUT2D eigenvalue weighted by atomic mass is 16.3. The molecule has 3 heteroatoms. The fraction of sp³-hybridized carbons (Fsp3) is 0.692. The van der Waals surface area contributed by atoms with Crippen molar-refractivity contribution in [2.75, 3.05) is 13.1 Å². The number of hydrogen-bond acceptors (Lipinski definition) is 3. The van der Waals surface area contributed by atoms with Crippen molar-refractivity contribution in [2.45, 2.75) is 39.8 Å². The number of furan rings is 1. The van der Waals surface area contributed by atoms with E-state index >= 15 is 0 Å². The van der Waals surface area contributed by atoms with Crippen LogP contribution in [0.5, 0.6) is 0 Å². The maximum absolute atomic E-state index is 5.67. The molecule has 3 nitrogen and oxygen atoms in total. The zero-order chi connectivity index (χ0) is 11.6. The van der Waals surface area contributed by atoms with Crippen LogP contribution in [0.1, 0.15) is 38.0 Å². The number of nitrogens with zero attached hydrogens (tertiary/aromatic N) is 1. The molecular formula is C13H22N2O.